The van der Waals surface area contributed by atoms with Gasteiger partial charge in [0, 0.05) is 17.2 Å². The normalized spacial score (nSPS) is 12.3. The molecule has 0 amide bonds. The maximum Gasteiger partial charge on any atom is 0.286 e. The Morgan fingerprint density at radius 1 is 1.17 bits per heavy atom. The highest BCUT2D eigenvalue weighted by molar-refractivity contribution is 7.20. The van der Waals surface area contributed by atoms with Crippen molar-refractivity contribution in [2.75, 3.05) is 0 Å². The highest BCUT2D eigenvalue weighted by Gasteiger charge is 2.20. The van der Waals surface area contributed by atoms with Gasteiger partial charge in [-0.1, -0.05) is 44.2 Å². The van der Waals surface area contributed by atoms with Crippen molar-refractivity contribution in [1.29, 1.82) is 0 Å². The van der Waals surface area contributed by atoms with E-state index in [0.29, 0.717) is 10.8 Å². The summed E-state index contributed by atoms with van der Waals surface area (Å²) in [5.41, 5.74) is 1.14. The van der Waals surface area contributed by atoms with E-state index < -0.39 is 0 Å². The summed E-state index contributed by atoms with van der Waals surface area (Å²) in [5.74, 6) is 0. The van der Waals surface area contributed by atoms with Crippen LogP contribution in [0.3, 0.4) is 0 Å². The Labute approximate surface area is 140 Å². The standard InChI is InChI=1S/C17H16N4O2S/c1-17(2,3)12-8-10(22)13-14(19-12)20-21(15(13)23)16-18-9-6-4-5-7-11(9)24-16/h4-8H,1-3H3,(H2,19,20,22). The van der Waals surface area contributed by atoms with E-state index in [-0.39, 0.29) is 21.8 Å². The number of nitrogens with zero attached hydrogens (tertiary/aromatic N) is 2. The van der Waals surface area contributed by atoms with Crippen LogP contribution in [0.25, 0.3) is 26.4 Å². The van der Waals surface area contributed by atoms with Crippen molar-refractivity contribution in [3.8, 4) is 5.13 Å². The van der Waals surface area contributed by atoms with Gasteiger partial charge in [-0.2, -0.15) is 4.68 Å². The van der Waals surface area contributed by atoms with E-state index >= 15 is 0 Å². The Morgan fingerprint density at radius 2 is 1.92 bits per heavy atom. The Bertz CT molecular complexity index is 1150. The van der Waals surface area contributed by atoms with Crippen LogP contribution >= 0.6 is 11.3 Å². The van der Waals surface area contributed by atoms with Crippen molar-refractivity contribution in [3.63, 3.8) is 0 Å². The molecule has 24 heavy (non-hydrogen) atoms. The largest absolute Gasteiger partial charge is 0.343 e. The Kier molecular flexibility index (Phi) is 3.05. The molecule has 3 heterocycles. The van der Waals surface area contributed by atoms with Crippen molar-refractivity contribution in [1.82, 2.24) is 19.7 Å². The van der Waals surface area contributed by atoms with Crippen LogP contribution in [-0.2, 0) is 5.41 Å². The molecule has 6 nitrogen and oxygen atoms in total. The molecule has 0 bridgehead atoms. The van der Waals surface area contributed by atoms with E-state index in [1.165, 1.54) is 22.1 Å². The zero-order valence-corrected chi connectivity index (χ0v) is 14.3. The van der Waals surface area contributed by atoms with Gasteiger partial charge in [0.05, 0.1) is 10.2 Å². The second kappa shape index (κ2) is 4.91. The monoisotopic (exact) mass is 340 g/mol. The van der Waals surface area contributed by atoms with E-state index in [1.54, 1.807) is 0 Å². The fourth-order valence-corrected chi connectivity index (χ4v) is 3.55. The highest BCUT2D eigenvalue weighted by atomic mass is 32.1. The van der Waals surface area contributed by atoms with Gasteiger partial charge in [0.25, 0.3) is 5.56 Å². The van der Waals surface area contributed by atoms with Gasteiger partial charge >= 0.3 is 0 Å². The molecule has 4 rings (SSSR count). The lowest BCUT2D eigenvalue weighted by molar-refractivity contribution is 0.570. The molecule has 0 aliphatic heterocycles. The molecule has 7 heteroatoms. The number of hydrogen-bond donors (Lipinski definition) is 2. The first-order valence-corrected chi connectivity index (χ1v) is 8.41. The molecule has 0 aliphatic carbocycles. The van der Waals surface area contributed by atoms with Gasteiger partial charge < -0.3 is 4.98 Å². The minimum absolute atomic E-state index is 0.127. The quantitative estimate of drug-likeness (QED) is 0.559. The summed E-state index contributed by atoms with van der Waals surface area (Å²) in [4.78, 5) is 32.7. The molecule has 0 fully saturated rings. The predicted octanol–water partition coefficient (Wildman–Crippen LogP) is 2.91. The molecule has 2 N–H and O–H groups in total. The van der Waals surface area contributed by atoms with E-state index in [9.17, 15) is 9.59 Å². The molecule has 1 aromatic carbocycles. The summed E-state index contributed by atoms with van der Waals surface area (Å²) in [6, 6.07) is 9.18. The van der Waals surface area contributed by atoms with Crippen molar-refractivity contribution < 1.29 is 0 Å². The highest BCUT2D eigenvalue weighted by Crippen LogP contribution is 2.24. The van der Waals surface area contributed by atoms with Crippen molar-refractivity contribution in [3.05, 3.63) is 56.6 Å². The minimum atomic E-state index is -0.384. The molecule has 0 unspecified atom stereocenters. The van der Waals surface area contributed by atoms with E-state index in [4.69, 9.17) is 0 Å². The topological polar surface area (TPSA) is 83.5 Å². The van der Waals surface area contributed by atoms with Crippen molar-refractivity contribution in [2.24, 2.45) is 0 Å². The van der Waals surface area contributed by atoms with E-state index in [1.807, 2.05) is 45.0 Å². The van der Waals surface area contributed by atoms with Gasteiger partial charge in [0.1, 0.15) is 11.0 Å². The lowest BCUT2D eigenvalue weighted by Crippen LogP contribution is -2.20. The number of para-hydroxylation sites is 1. The van der Waals surface area contributed by atoms with E-state index in [2.05, 4.69) is 15.1 Å². The van der Waals surface area contributed by atoms with Crippen LogP contribution in [0.2, 0.25) is 0 Å². The smallest absolute Gasteiger partial charge is 0.286 e. The van der Waals surface area contributed by atoms with Gasteiger partial charge in [-0.3, -0.25) is 14.7 Å². The van der Waals surface area contributed by atoms with Crippen LogP contribution in [0.5, 0.6) is 0 Å². The van der Waals surface area contributed by atoms with Gasteiger partial charge in [-0.15, -0.1) is 0 Å². The molecule has 0 aliphatic rings. The van der Waals surface area contributed by atoms with Crippen LogP contribution in [0.1, 0.15) is 26.5 Å². The summed E-state index contributed by atoms with van der Waals surface area (Å²) < 4.78 is 2.32. The average Bonchev–Trinajstić information content (AvgIpc) is 3.07. The zero-order chi connectivity index (χ0) is 17.1. The summed E-state index contributed by atoms with van der Waals surface area (Å²) in [6.45, 7) is 6.02. The molecule has 3 aromatic heterocycles. The average molecular weight is 340 g/mol. The first kappa shape index (κ1) is 14.9. The first-order chi connectivity index (χ1) is 11.3. The molecule has 122 valence electrons. The fourth-order valence-electron chi connectivity index (χ4n) is 2.62. The summed E-state index contributed by atoms with van der Waals surface area (Å²) in [6.07, 6.45) is 0. The molecule has 0 radical (unpaired) electrons. The second-order valence-electron chi connectivity index (χ2n) is 6.76. The number of hydrogen-bond acceptors (Lipinski definition) is 4. The number of aromatic nitrogens is 4. The third-order valence-corrected chi connectivity index (χ3v) is 4.98. The second-order valence-corrected chi connectivity index (χ2v) is 7.77. The van der Waals surface area contributed by atoms with Crippen LogP contribution < -0.4 is 11.0 Å². The number of nitrogens with one attached hydrogen (secondary N) is 2. The van der Waals surface area contributed by atoms with Crippen molar-refractivity contribution in [2.45, 2.75) is 26.2 Å². The molecule has 0 saturated heterocycles. The van der Waals surface area contributed by atoms with Gasteiger partial charge in [-0.25, -0.2) is 4.98 Å². The molecule has 0 saturated carbocycles. The predicted molar refractivity (Wildman–Crippen MR) is 96.4 cm³/mol. The minimum Gasteiger partial charge on any atom is -0.343 e. The number of rotatable bonds is 1. The number of H-pyrrole nitrogens is 2. The Hall–Kier alpha value is -2.67. The number of pyridine rings is 1. The van der Waals surface area contributed by atoms with Crippen LogP contribution in [0, 0.1) is 0 Å². The maximum absolute atomic E-state index is 12.7. The number of benzene rings is 1. The number of aromatic amines is 2. The molecule has 0 spiro atoms. The lowest BCUT2D eigenvalue weighted by atomic mass is 9.91. The summed E-state index contributed by atoms with van der Waals surface area (Å²) in [5, 5.41) is 3.63. The Balaban J connectivity index is 2.00. The number of thiazole rings is 1. The van der Waals surface area contributed by atoms with Crippen LogP contribution in [-0.4, -0.2) is 19.7 Å². The molecule has 0 atom stereocenters. The first-order valence-electron chi connectivity index (χ1n) is 7.59. The van der Waals surface area contributed by atoms with Crippen molar-refractivity contribution >= 4 is 32.6 Å². The van der Waals surface area contributed by atoms with Crippen LogP contribution in [0.15, 0.2) is 39.9 Å². The third kappa shape index (κ3) is 2.20. The molecular weight excluding hydrogens is 324 g/mol. The van der Waals surface area contributed by atoms with Gasteiger partial charge in [0.2, 0.25) is 5.13 Å². The lowest BCUT2D eigenvalue weighted by Gasteiger charge is -2.17. The summed E-state index contributed by atoms with van der Waals surface area (Å²) >= 11 is 1.40. The van der Waals surface area contributed by atoms with Crippen LogP contribution in [0.4, 0.5) is 0 Å². The molecular formula is C17H16N4O2S. The van der Waals surface area contributed by atoms with E-state index in [0.717, 1.165) is 15.9 Å². The number of fused-ring (bicyclic) bond motifs is 2. The molecule has 4 aromatic rings. The Morgan fingerprint density at radius 3 is 2.62 bits per heavy atom. The third-order valence-electron chi connectivity index (χ3n) is 3.95. The zero-order valence-electron chi connectivity index (χ0n) is 13.5. The van der Waals surface area contributed by atoms with Gasteiger partial charge in [0.15, 0.2) is 5.43 Å². The SMILES string of the molecule is CC(C)(C)c1cc(=O)c2c(=O)n(-c3nc4ccccc4s3)[nH]c2[nH]1. The fraction of sp³-hybridized carbons (Fsp3) is 0.235. The maximum atomic E-state index is 12.7. The summed E-state index contributed by atoms with van der Waals surface area (Å²) in [7, 11) is 0. The van der Waals surface area contributed by atoms with Gasteiger partial charge in [-0.05, 0) is 12.1 Å².